The van der Waals surface area contributed by atoms with Crippen molar-refractivity contribution in [2.45, 2.75) is 32.1 Å². The van der Waals surface area contributed by atoms with Crippen molar-refractivity contribution in [3.05, 3.63) is 47.3 Å². The number of carbonyl (C=O) groups excluding carboxylic acids is 1. The van der Waals surface area contributed by atoms with Gasteiger partial charge in [0.1, 0.15) is 0 Å². The molecular weight excluding hydrogens is 290 g/mol. The quantitative estimate of drug-likeness (QED) is 0.800. The number of aryl methyl sites for hydroxylation is 1. The highest BCUT2D eigenvalue weighted by Crippen LogP contribution is 2.41. The molecule has 2 aromatic rings. The number of carbonyl (C=O) groups is 1. The van der Waals surface area contributed by atoms with Gasteiger partial charge in [0.05, 0.1) is 5.69 Å². The van der Waals surface area contributed by atoms with Crippen molar-refractivity contribution in [3.63, 3.8) is 0 Å². The van der Waals surface area contributed by atoms with Crippen LogP contribution < -0.4 is 5.32 Å². The Kier molecular flexibility index (Phi) is 4.76. The monoisotopic (exact) mass is 313 g/mol. The first-order valence-electron chi connectivity index (χ1n) is 8.13. The molecule has 1 aromatic heterocycles. The van der Waals surface area contributed by atoms with Crippen molar-refractivity contribution >= 4 is 5.91 Å². The number of rotatable bonds is 7. The molecule has 1 aliphatic carbocycles. The van der Waals surface area contributed by atoms with Gasteiger partial charge in [-0.2, -0.15) is 5.10 Å². The van der Waals surface area contributed by atoms with Crippen LogP contribution in [0.4, 0.5) is 0 Å². The van der Waals surface area contributed by atoms with Gasteiger partial charge in [0.15, 0.2) is 5.69 Å². The molecule has 0 bridgehead atoms. The summed E-state index contributed by atoms with van der Waals surface area (Å²) >= 11 is 0. The van der Waals surface area contributed by atoms with Gasteiger partial charge in [0.2, 0.25) is 0 Å². The van der Waals surface area contributed by atoms with Crippen LogP contribution in [0.25, 0.3) is 5.69 Å². The zero-order chi connectivity index (χ0) is 16.2. The second-order valence-corrected chi connectivity index (χ2v) is 6.08. The highest BCUT2D eigenvalue weighted by molar-refractivity contribution is 5.92. The average Bonchev–Trinajstić information content (AvgIpc) is 3.31. The van der Waals surface area contributed by atoms with Gasteiger partial charge in [-0.3, -0.25) is 4.79 Å². The molecule has 0 aliphatic heterocycles. The number of methoxy groups -OCH3 is 1. The Balaban J connectivity index is 1.78. The maximum atomic E-state index is 12.3. The number of hydrogen-bond donors (Lipinski definition) is 1. The Morgan fingerprint density at radius 1 is 1.35 bits per heavy atom. The van der Waals surface area contributed by atoms with Gasteiger partial charge in [-0.25, -0.2) is 4.68 Å². The highest BCUT2D eigenvalue weighted by atomic mass is 16.5. The van der Waals surface area contributed by atoms with E-state index in [4.69, 9.17) is 4.74 Å². The van der Waals surface area contributed by atoms with Gasteiger partial charge in [-0.15, -0.1) is 0 Å². The summed E-state index contributed by atoms with van der Waals surface area (Å²) in [7, 11) is 1.66. The first-order valence-corrected chi connectivity index (χ1v) is 8.13. The molecule has 23 heavy (non-hydrogen) atoms. The van der Waals surface area contributed by atoms with Gasteiger partial charge < -0.3 is 10.1 Å². The van der Waals surface area contributed by atoms with Gasteiger partial charge in [-0.05, 0) is 44.4 Å². The van der Waals surface area contributed by atoms with E-state index in [0.717, 1.165) is 17.8 Å². The molecule has 1 N–H and O–H groups in total. The van der Waals surface area contributed by atoms with E-state index in [1.807, 2.05) is 10.7 Å². The molecule has 1 fully saturated rings. The maximum absolute atomic E-state index is 12.3. The number of nitrogens with zero attached hydrogens (tertiary/aromatic N) is 2. The summed E-state index contributed by atoms with van der Waals surface area (Å²) in [6, 6.07) is 10.2. The minimum absolute atomic E-state index is 0.117. The molecule has 0 atom stereocenters. The Morgan fingerprint density at radius 2 is 2.09 bits per heavy atom. The van der Waals surface area contributed by atoms with Crippen molar-refractivity contribution in [1.82, 2.24) is 15.1 Å². The van der Waals surface area contributed by atoms with Gasteiger partial charge in [0.25, 0.3) is 5.91 Å². The average molecular weight is 313 g/mol. The van der Waals surface area contributed by atoms with E-state index in [0.29, 0.717) is 24.8 Å². The number of aromatic nitrogens is 2. The van der Waals surface area contributed by atoms with E-state index in [-0.39, 0.29) is 5.91 Å². The summed E-state index contributed by atoms with van der Waals surface area (Å²) in [5.41, 5.74) is 3.85. The van der Waals surface area contributed by atoms with Crippen molar-refractivity contribution in [1.29, 1.82) is 0 Å². The van der Waals surface area contributed by atoms with Gasteiger partial charge in [0, 0.05) is 31.9 Å². The Morgan fingerprint density at radius 3 is 2.74 bits per heavy atom. The van der Waals surface area contributed by atoms with Crippen LogP contribution >= 0.6 is 0 Å². The minimum atomic E-state index is -0.117. The van der Waals surface area contributed by atoms with E-state index in [1.54, 1.807) is 7.11 Å². The molecular formula is C18H23N3O2. The van der Waals surface area contributed by atoms with Crippen LogP contribution in [0.3, 0.4) is 0 Å². The number of nitrogens with one attached hydrogen (secondary N) is 1. The first kappa shape index (κ1) is 15.7. The fraction of sp³-hybridized carbons (Fsp3) is 0.444. The lowest BCUT2D eigenvalue weighted by Crippen LogP contribution is -2.25. The van der Waals surface area contributed by atoms with Crippen LogP contribution in [0.15, 0.2) is 30.3 Å². The summed E-state index contributed by atoms with van der Waals surface area (Å²) in [6.45, 7) is 3.31. The molecule has 5 nitrogen and oxygen atoms in total. The van der Waals surface area contributed by atoms with E-state index >= 15 is 0 Å². The van der Waals surface area contributed by atoms with Crippen molar-refractivity contribution in [3.8, 4) is 5.69 Å². The summed E-state index contributed by atoms with van der Waals surface area (Å²) < 4.78 is 6.91. The fourth-order valence-electron chi connectivity index (χ4n) is 2.58. The number of hydrogen-bond acceptors (Lipinski definition) is 3. The Bertz CT molecular complexity index is 672. The third kappa shape index (κ3) is 3.79. The molecule has 0 saturated heterocycles. The van der Waals surface area contributed by atoms with Crippen LogP contribution in [0.5, 0.6) is 0 Å². The molecule has 1 aliphatic rings. The molecule has 0 radical (unpaired) electrons. The second kappa shape index (κ2) is 6.96. The third-order valence-corrected chi connectivity index (χ3v) is 4.05. The largest absolute Gasteiger partial charge is 0.385 e. The maximum Gasteiger partial charge on any atom is 0.271 e. The second-order valence-electron chi connectivity index (χ2n) is 6.08. The predicted molar refractivity (Wildman–Crippen MR) is 89.1 cm³/mol. The summed E-state index contributed by atoms with van der Waals surface area (Å²) in [6.07, 6.45) is 3.15. The summed E-state index contributed by atoms with van der Waals surface area (Å²) in [5.74, 6) is 0.410. The lowest BCUT2D eigenvalue weighted by molar-refractivity contribution is 0.0943. The topological polar surface area (TPSA) is 56.1 Å². The van der Waals surface area contributed by atoms with Crippen LogP contribution in [0, 0.1) is 6.92 Å². The molecule has 1 aromatic carbocycles. The van der Waals surface area contributed by atoms with E-state index in [1.165, 1.54) is 18.4 Å². The van der Waals surface area contributed by atoms with E-state index < -0.39 is 0 Å². The Hall–Kier alpha value is -2.14. The normalized spacial score (nSPS) is 14.0. The molecule has 1 heterocycles. The lowest BCUT2D eigenvalue weighted by Gasteiger charge is -2.06. The van der Waals surface area contributed by atoms with Gasteiger partial charge in [-0.1, -0.05) is 17.7 Å². The van der Waals surface area contributed by atoms with E-state index in [2.05, 4.69) is 41.6 Å². The Labute approximate surface area is 136 Å². The number of amides is 1. The molecule has 1 saturated carbocycles. The molecule has 122 valence electrons. The predicted octanol–water partition coefficient (Wildman–Crippen LogP) is 2.82. The molecule has 3 rings (SSSR count). The highest BCUT2D eigenvalue weighted by Gasteiger charge is 2.29. The zero-order valence-corrected chi connectivity index (χ0v) is 13.7. The van der Waals surface area contributed by atoms with Crippen molar-refractivity contribution in [2.24, 2.45) is 0 Å². The third-order valence-electron chi connectivity index (χ3n) is 4.05. The standard InChI is InChI=1S/C18H23N3O2/c1-13-4-8-15(9-5-13)21-17(14-6-7-14)12-16(20-21)18(22)19-10-3-11-23-2/h4-5,8-9,12,14H,3,6-7,10-11H2,1-2H3,(H,19,22). The van der Waals surface area contributed by atoms with E-state index in [9.17, 15) is 4.79 Å². The fourth-order valence-corrected chi connectivity index (χ4v) is 2.58. The van der Waals surface area contributed by atoms with Crippen molar-refractivity contribution < 1.29 is 9.53 Å². The summed E-state index contributed by atoms with van der Waals surface area (Å²) in [4.78, 5) is 12.3. The minimum Gasteiger partial charge on any atom is -0.385 e. The van der Waals surface area contributed by atoms with Crippen LogP contribution in [0.1, 0.15) is 46.9 Å². The first-order chi connectivity index (χ1) is 11.2. The molecule has 1 amide bonds. The molecule has 5 heteroatoms. The SMILES string of the molecule is COCCCNC(=O)c1cc(C2CC2)n(-c2ccc(C)cc2)n1. The van der Waals surface area contributed by atoms with Gasteiger partial charge >= 0.3 is 0 Å². The number of ether oxygens (including phenoxy) is 1. The van der Waals surface area contributed by atoms with Crippen molar-refractivity contribution in [2.75, 3.05) is 20.3 Å². The lowest BCUT2D eigenvalue weighted by atomic mass is 10.2. The van der Waals surface area contributed by atoms with Crippen LogP contribution in [-0.4, -0.2) is 35.9 Å². The molecule has 0 unspecified atom stereocenters. The smallest absolute Gasteiger partial charge is 0.271 e. The van der Waals surface area contributed by atoms with Crippen LogP contribution in [0.2, 0.25) is 0 Å². The van der Waals surface area contributed by atoms with Crippen LogP contribution in [-0.2, 0) is 4.74 Å². The summed E-state index contributed by atoms with van der Waals surface area (Å²) in [5, 5.41) is 7.44. The zero-order valence-electron chi connectivity index (χ0n) is 13.7. The molecule has 0 spiro atoms. The number of benzene rings is 1.